The third-order valence-electron chi connectivity index (χ3n) is 7.48. The summed E-state index contributed by atoms with van der Waals surface area (Å²) in [5, 5.41) is 11.5. The largest absolute Gasteiger partial charge is 0.487 e. The van der Waals surface area contributed by atoms with Gasteiger partial charge in [0.2, 0.25) is 15.9 Å². The predicted molar refractivity (Wildman–Crippen MR) is 168 cm³/mol. The van der Waals surface area contributed by atoms with Crippen LogP contribution in [0.3, 0.4) is 0 Å². The van der Waals surface area contributed by atoms with Crippen molar-refractivity contribution in [2.75, 3.05) is 6.54 Å². The number of fused-ring (bicyclic) bond motifs is 1. The first-order chi connectivity index (χ1) is 20.5. The van der Waals surface area contributed by atoms with E-state index in [1.165, 1.54) is 16.4 Å². The number of amides is 1. The number of aryl methyl sites for hydroxylation is 2. The number of carbonyl (C=O) groups excluding carboxylic acids is 1. The van der Waals surface area contributed by atoms with Gasteiger partial charge in [0.15, 0.2) is 0 Å². The summed E-state index contributed by atoms with van der Waals surface area (Å²) in [5.74, 6) is 0.0741. The van der Waals surface area contributed by atoms with Crippen molar-refractivity contribution in [3.8, 4) is 5.75 Å². The number of halogens is 2. The van der Waals surface area contributed by atoms with Crippen molar-refractivity contribution in [2.24, 2.45) is 5.73 Å². The van der Waals surface area contributed by atoms with Crippen molar-refractivity contribution in [1.29, 1.82) is 5.41 Å². The zero-order chi connectivity index (χ0) is 30.9. The Morgan fingerprint density at radius 1 is 1.14 bits per heavy atom. The molecule has 224 valence electrons. The Hall–Kier alpha value is -3.70. The number of nitrogen functional groups attached to an aromatic ring is 1. The monoisotopic (exact) mass is 639 g/mol. The molecule has 5 rings (SSSR count). The zero-order valence-electron chi connectivity index (χ0n) is 23.7. The number of nitrogens with two attached hydrogens (primary N) is 1. The first-order valence-corrected chi connectivity index (χ1v) is 15.9. The third-order valence-corrected chi connectivity index (χ3v) is 10.3. The Morgan fingerprint density at radius 2 is 1.88 bits per heavy atom. The molecule has 0 bridgehead atoms. The van der Waals surface area contributed by atoms with E-state index in [1.807, 2.05) is 32.0 Å². The molecule has 1 saturated heterocycles. The van der Waals surface area contributed by atoms with Gasteiger partial charge in [-0.25, -0.2) is 13.4 Å². The summed E-state index contributed by atoms with van der Waals surface area (Å²) in [6, 6.07) is 16.5. The summed E-state index contributed by atoms with van der Waals surface area (Å²) in [6.07, 6.45) is 0.904. The average Bonchev–Trinajstić information content (AvgIpc) is 3.47. The molecule has 1 atom stereocenters. The van der Waals surface area contributed by atoms with E-state index >= 15 is 0 Å². The number of aromatic nitrogens is 1. The summed E-state index contributed by atoms with van der Waals surface area (Å²) in [5.41, 5.74) is 9.79. The fourth-order valence-corrected chi connectivity index (χ4v) is 7.78. The van der Waals surface area contributed by atoms with Gasteiger partial charge in [0.1, 0.15) is 34.6 Å². The van der Waals surface area contributed by atoms with Crippen LogP contribution in [0.15, 0.2) is 65.6 Å². The number of carbonyl (C=O) groups is 1. The Morgan fingerprint density at radius 3 is 2.60 bits per heavy atom. The number of nitrogens with one attached hydrogen (secondary N) is 2. The molecule has 0 aliphatic carbocycles. The molecular formula is C31H31Cl2N5O4S. The zero-order valence-corrected chi connectivity index (χ0v) is 26.0. The maximum Gasteiger partial charge on any atom is 0.245 e. The summed E-state index contributed by atoms with van der Waals surface area (Å²) in [7, 11) is -4.15. The molecule has 1 aliphatic rings. The predicted octanol–water partition coefficient (Wildman–Crippen LogP) is 5.49. The lowest BCUT2D eigenvalue weighted by Crippen LogP contribution is -2.45. The third kappa shape index (κ3) is 6.33. The van der Waals surface area contributed by atoms with Crippen LogP contribution in [-0.2, 0) is 28.0 Å². The van der Waals surface area contributed by atoms with Crippen LogP contribution in [-0.4, -0.2) is 42.0 Å². The highest BCUT2D eigenvalue weighted by Crippen LogP contribution is 2.36. The number of sulfonamides is 1. The van der Waals surface area contributed by atoms with Crippen LogP contribution in [0.1, 0.15) is 40.8 Å². The molecule has 1 aromatic heterocycles. The number of nitrogens with zero attached hydrogens (tertiary/aromatic N) is 2. The molecule has 0 saturated carbocycles. The maximum atomic E-state index is 13.9. The lowest BCUT2D eigenvalue weighted by atomic mass is 10.1. The van der Waals surface area contributed by atoms with Crippen LogP contribution < -0.4 is 15.8 Å². The second-order valence-corrected chi connectivity index (χ2v) is 13.1. The van der Waals surface area contributed by atoms with E-state index in [9.17, 15) is 13.2 Å². The topological polar surface area (TPSA) is 138 Å². The molecule has 2 heterocycles. The maximum absolute atomic E-state index is 13.9. The lowest BCUT2D eigenvalue weighted by Gasteiger charge is -2.24. The molecule has 4 aromatic rings. The minimum Gasteiger partial charge on any atom is -0.487 e. The highest BCUT2D eigenvalue weighted by atomic mass is 35.5. The smallest absolute Gasteiger partial charge is 0.245 e. The van der Waals surface area contributed by atoms with E-state index in [-0.39, 0.29) is 40.5 Å². The van der Waals surface area contributed by atoms with Crippen LogP contribution in [0.4, 0.5) is 0 Å². The first-order valence-electron chi connectivity index (χ1n) is 13.7. The van der Waals surface area contributed by atoms with Crippen molar-refractivity contribution in [3.63, 3.8) is 0 Å². The average molecular weight is 641 g/mol. The molecule has 0 radical (unpaired) electrons. The number of pyridine rings is 1. The molecular weight excluding hydrogens is 609 g/mol. The van der Waals surface area contributed by atoms with Gasteiger partial charge in [-0.1, -0.05) is 59.6 Å². The van der Waals surface area contributed by atoms with Gasteiger partial charge in [-0.3, -0.25) is 10.2 Å². The van der Waals surface area contributed by atoms with E-state index in [0.29, 0.717) is 35.2 Å². The SMILES string of the molecule is Cc1cc(C)c2cccc(OCc3c(Cl)ccc(S(=O)(=O)N4CCC[C@H]4C(=O)NCc4ccc(C(=N)N)cc4)c3Cl)c2n1. The van der Waals surface area contributed by atoms with E-state index in [4.69, 9.17) is 39.1 Å². The number of amidine groups is 1. The van der Waals surface area contributed by atoms with Gasteiger partial charge >= 0.3 is 0 Å². The summed E-state index contributed by atoms with van der Waals surface area (Å²) < 4.78 is 35.0. The summed E-state index contributed by atoms with van der Waals surface area (Å²) in [6.45, 7) is 4.21. The molecule has 1 aliphatic heterocycles. The van der Waals surface area contributed by atoms with Gasteiger partial charge in [-0.05, 0) is 62.1 Å². The second kappa shape index (κ2) is 12.5. The number of benzene rings is 3. The van der Waals surface area contributed by atoms with Crippen LogP contribution in [0.2, 0.25) is 10.0 Å². The van der Waals surface area contributed by atoms with Crippen LogP contribution in [0.25, 0.3) is 10.9 Å². The standard InChI is InChI=1S/C31H31Cl2N5O4S/c1-18-15-19(2)37-29-22(18)5-3-7-26(29)42-17-23-24(32)12-13-27(28(23)33)43(40,41)38-14-4-6-25(38)31(39)36-16-20-8-10-21(11-9-20)30(34)35/h3,5,7-13,15,25H,4,6,14,16-17H2,1-2H3,(H3,34,35)(H,36,39)/t25-/m0/s1. The Balaban J connectivity index is 1.35. The number of para-hydroxylation sites is 1. The Labute approximate surface area is 260 Å². The van der Waals surface area contributed by atoms with Crippen molar-refractivity contribution in [2.45, 2.75) is 50.8 Å². The lowest BCUT2D eigenvalue weighted by molar-refractivity contribution is -0.124. The molecule has 0 spiro atoms. The second-order valence-electron chi connectivity index (χ2n) is 10.5. The van der Waals surface area contributed by atoms with Crippen LogP contribution in [0, 0.1) is 19.3 Å². The molecule has 0 unspecified atom stereocenters. The number of rotatable bonds is 9. The Kier molecular flexibility index (Phi) is 8.94. The fourth-order valence-electron chi connectivity index (χ4n) is 5.25. The van der Waals surface area contributed by atoms with Crippen molar-refractivity contribution >= 4 is 55.9 Å². The minimum absolute atomic E-state index is 0.0475. The molecule has 1 amide bonds. The molecule has 4 N–H and O–H groups in total. The molecule has 1 fully saturated rings. The minimum atomic E-state index is -4.15. The van der Waals surface area contributed by atoms with Gasteiger partial charge < -0.3 is 15.8 Å². The van der Waals surface area contributed by atoms with E-state index in [1.54, 1.807) is 30.3 Å². The molecule has 43 heavy (non-hydrogen) atoms. The van der Waals surface area contributed by atoms with E-state index in [2.05, 4.69) is 10.3 Å². The highest BCUT2D eigenvalue weighted by Gasteiger charge is 2.40. The van der Waals surface area contributed by atoms with Gasteiger partial charge in [-0.15, -0.1) is 0 Å². The van der Waals surface area contributed by atoms with Crippen LogP contribution in [0.5, 0.6) is 5.75 Å². The number of hydrogen-bond donors (Lipinski definition) is 3. The molecule has 9 nitrogen and oxygen atoms in total. The highest BCUT2D eigenvalue weighted by molar-refractivity contribution is 7.89. The Bertz CT molecular complexity index is 1830. The number of ether oxygens (including phenoxy) is 1. The fraction of sp³-hybridized carbons (Fsp3) is 0.258. The molecule has 12 heteroatoms. The summed E-state index contributed by atoms with van der Waals surface area (Å²) in [4.78, 5) is 17.6. The van der Waals surface area contributed by atoms with Gasteiger partial charge in [-0.2, -0.15) is 4.31 Å². The van der Waals surface area contributed by atoms with Gasteiger partial charge in [0, 0.05) is 40.3 Å². The van der Waals surface area contributed by atoms with Crippen molar-refractivity contribution < 1.29 is 17.9 Å². The van der Waals surface area contributed by atoms with Crippen molar-refractivity contribution in [3.05, 3.63) is 98.7 Å². The normalized spacial score (nSPS) is 15.5. The summed E-state index contributed by atoms with van der Waals surface area (Å²) >= 11 is 13.2. The van der Waals surface area contributed by atoms with Gasteiger partial charge in [0.25, 0.3) is 0 Å². The van der Waals surface area contributed by atoms with Gasteiger partial charge in [0.05, 0.1) is 5.02 Å². The van der Waals surface area contributed by atoms with Crippen LogP contribution >= 0.6 is 23.2 Å². The van der Waals surface area contributed by atoms with Crippen molar-refractivity contribution in [1.82, 2.24) is 14.6 Å². The number of hydrogen-bond acceptors (Lipinski definition) is 6. The van der Waals surface area contributed by atoms with E-state index in [0.717, 1.165) is 22.2 Å². The van der Waals surface area contributed by atoms with E-state index < -0.39 is 22.0 Å². The quantitative estimate of drug-likeness (QED) is 0.163. The first kappa shape index (κ1) is 30.7. The molecule has 3 aromatic carbocycles.